The van der Waals surface area contributed by atoms with Gasteiger partial charge in [-0.05, 0) is 31.2 Å². The predicted molar refractivity (Wildman–Crippen MR) is 86.1 cm³/mol. The molecule has 6 heteroatoms. The summed E-state index contributed by atoms with van der Waals surface area (Å²) in [4.78, 5) is 14.6. The molecule has 2 unspecified atom stereocenters. The second-order valence-corrected chi connectivity index (χ2v) is 5.97. The Labute approximate surface area is 131 Å². The summed E-state index contributed by atoms with van der Waals surface area (Å²) < 4.78 is 5.92. The molecule has 0 aromatic carbocycles. The largest absolute Gasteiger partial charge is 0.378 e. The van der Waals surface area contributed by atoms with Gasteiger partial charge in [-0.2, -0.15) is 0 Å². The lowest BCUT2D eigenvalue weighted by atomic mass is 9.89. The fourth-order valence-electron chi connectivity index (χ4n) is 3.11. The Balaban J connectivity index is 2.02. The van der Waals surface area contributed by atoms with Crippen LogP contribution in [0.15, 0.2) is 12.3 Å². The van der Waals surface area contributed by atoms with Crippen LogP contribution in [0.3, 0.4) is 0 Å². The van der Waals surface area contributed by atoms with E-state index in [1.54, 1.807) is 6.07 Å². The van der Waals surface area contributed by atoms with Crippen molar-refractivity contribution < 1.29 is 9.66 Å². The number of pyridine rings is 1. The van der Waals surface area contributed by atoms with Gasteiger partial charge in [0.25, 0.3) is 5.69 Å². The van der Waals surface area contributed by atoms with Crippen LogP contribution in [-0.2, 0) is 4.74 Å². The Kier molecular flexibility index (Phi) is 5.71. The van der Waals surface area contributed by atoms with E-state index in [4.69, 9.17) is 4.74 Å². The number of hydrogen-bond acceptors (Lipinski definition) is 5. The SMILES string of the molecule is CCC(CC)C1CC(Nc2ncc([N+](=O)[O-])cc2C)CCO1. The standard InChI is InChI=1S/C16H25N3O3/c1-4-12(5-2)15-9-13(6-7-22-15)18-16-11(3)8-14(10-17-16)19(20)21/h8,10,12-13,15H,4-7,9H2,1-3H3,(H,17,18). The number of nitrogens with one attached hydrogen (secondary N) is 1. The lowest BCUT2D eigenvalue weighted by molar-refractivity contribution is -0.385. The van der Waals surface area contributed by atoms with Crippen molar-refractivity contribution in [1.29, 1.82) is 0 Å². The van der Waals surface area contributed by atoms with E-state index in [1.807, 2.05) is 6.92 Å². The second kappa shape index (κ2) is 7.54. The maximum absolute atomic E-state index is 10.8. The Morgan fingerprint density at radius 3 is 2.82 bits per heavy atom. The van der Waals surface area contributed by atoms with Gasteiger partial charge >= 0.3 is 0 Å². The smallest absolute Gasteiger partial charge is 0.287 e. The molecular weight excluding hydrogens is 282 g/mol. The molecular formula is C16H25N3O3. The van der Waals surface area contributed by atoms with Gasteiger partial charge in [0.15, 0.2) is 0 Å². The average Bonchev–Trinajstić information content (AvgIpc) is 2.51. The monoisotopic (exact) mass is 307 g/mol. The fourth-order valence-corrected chi connectivity index (χ4v) is 3.11. The van der Waals surface area contributed by atoms with Gasteiger partial charge in [-0.1, -0.05) is 26.7 Å². The van der Waals surface area contributed by atoms with E-state index in [0.29, 0.717) is 18.1 Å². The first kappa shape index (κ1) is 16.7. The van der Waals surface area contributed by atoms with Crippen LogP contribution in [0.1, 0.15) is 45.1 Å². The minimum atomic E-state index is -0.415. The third-order valence-electron chi connectivity index (χ3n) is 4.51. The van der Waals surface area contributed by atoms with Crippen molar-refractivity contribution in [1.82, 2.24) is 4.98 Å². The van der Waals surface area contributed by atoms with Crippen LogP contribution in [0.5, 0.6) is 0 Å². The molecule has 122 valence electrons. The Morgan fingerprint density at radius 1 is 1.50 bits per heavy atom. The number of ether oxygens (including phenoxy) is 1. The molecule has 0 amide bonds. The molecule has 0 bridgehead atoms. The molecule has 1 aliphatic heterocycles. The third-order valence-corrected chi connectivity index (χ3v) is 4.51. The highest BCUT2D eigenvalue weighted by molar-refractivity contribution is 5.48. The lowest BCUT2D eigenvalue weighted by Gasteiger charge is -2.34. The number of hydrogen-bond donors (Lipinski definition) is 1. The average molecular weight is 307 g/mol. The topological polar surface area (TPSA) is 77.3 Å². The fraction of sp³-hybridized carbons (Fsp3) is 0.688. The van der Waals surface area contributed by atoms with Gasteiger partial charge in [-0.3, -0.25) is 10.1 Å². The molecule has 1 aromatic heterocycles. The highest BCUT2D eigenvalue weighted by Crippen LogP contribution is 2.27. The summed E-state index contributed by atoms with van der Waals surface area (Å²) in [6.07, 6.45) is 5.76. The summed E-state index contributed by atoms with van der Waals surface area (Å²) in [5, 5.41) is 14.2. The van der Waals surface area contributed by atoms with Crippen LogP contribution in [-0.4, -0.2) is 28.7 Å². The number of nitrogens with zero attached hydrogens (tertiary/aromatic N) is 2. The van der Waals surface area contributed by atoms with Crippen LogP contribution in [0, 0.1) is 23.0 Å². The Bertz CT molecular complexity index is 517. The first-order valence-corrected chi connectivity index (χ1v) is 8.04. The zero-order valence-electron chi connectivity index (χ0n) is 13.5. The minimum Gasteiger partial charge on any atom is -0.378 e. The summed E-state index contributed by atoms with van der Waals surface area (Å²) in [5.41, 5.74) is 0.838. The van der Waals surface area contributed by atoms with E-state index < -0.39 is 4.92 Å². The highest BCUT2D eigenvalue weighted by Gasteiger charge is 2.28. The number of aryl methyl sites for hydroxylation is 1. The molecule has 6 nitrogen and oxygen atoms in total. The van der Waals surface area contributed by atoms with Crippen molar-refractivity contribution in [3.8, 4) is 0 Å². The van der Waals surface area contributed by atoms with Crippen molar-refractivity contribution in [2.45, 2.75) is 58.6 Å². The molecule has 1 fully saturated rings. The number of anilines is 1. The van der Waals surface area contributed by atoms with Crippen LogP contribution in [0.25, 0.3) is 0 Å². The van der Waals surface area contributed by atoms with Crippen LogP contribution < -0.4 is 5.32 Å². The molecule has 2 rings (SSSR count). The van der Waals surface area contributed by atoms with Crippen LogP contribution in [0.2, 0.25) is 0 Å². The zero-order valence-corrected chi connectivity index (χ0v) is 13.5. The second-order valence-electron chi connectivity index (χ2n) is 5.97. The first-order chi connectivity index (χ1) is 10.5. The molecule has 2 heterocycles. The van der Waals surface area contributed by atoms with Gasteiger partial charge in [0.05, 0.1) is 11.0 Å². The normalized spacial score (nSPS) is 21.8. The molecule has 0 radical (unpaired) electrons. The van der Waals surface area contributed by atoms with Crippen molar-refractivity contribution in [2.24, 2.45) is 5.92 Å². The Hall–Kier alpha value is -1.69. The van der Waals surface area contributed by atoms with Crippen molar-refractivity contribution >= 4 is 11.5 Å². The maximum atomic E-state index is 10.8. The number of rotatable bonds is 6. The molecule has 0 spiro atoms. The molecule has 0 aliphatic carbocycles. The van der Waals surface area contributed by atoms with Crippen molar-refractivity contribution in [3.05, 3.63) is 27.9 Å². The van der Waals surface area contributed by atoms with E-state index >= 15 is 0 Å². The summed E-state index contributed by atoms with van der Waals surface area (Å²) in [7, 11) is 0. The van der Waals surface area contributed by atoms with Crippen LogP contribution >= 0.6 is 0 Å². The number of nitro groups is 1. The van der Waals surface area contributed by atoms with Gasteiger partial charge in [-0.15, -0.1) is 0 Å². The molecule has 22 heavy (non-hydrogen) atoms. The first-order valence-electron chi connectivity index (χ1n) is 8.04. The van der Waals surface area contributed by atoms with Gasteiger partial charge in [0.2, 0.25) is 0 Å². The van der Waals surface area contributed by atoms with E-state index in [2.05, 4.69) is 24.1 Å². The van der Waals surface area contributed by atoms with E-state index in [-0.39, 0.29) is 5.69 Å². The van der Waals surface area contributed by atoms with Crippen molar-refractivity contribution in [2.75, 3.05) is 11.9 Å². The molecule has 1 aromatic rings. The van der Waals surface area contributed by atoms with Crippen LogP contribution in [0.4, 0.5) is 11.5 Å². The predicted octanol–water partition coefficient (Wildman–Crippen LogP) is 3.69. The molecule has 2 atom stereocenters. The van der Waals surface area contributed by atoms with Crippen molar-refractivity contribution in [3.63, 3.8) is 0 Å². The van der Waals surface area contributed by atoms with E-state index in [0.717, 1.165) is 43.7 Å². The summed E-state index contributed by atoms with van der Waals surface area (Å²) >= 11 is 0. The minimum absolute atomic E-state index is 0.0323. The molecule has 0 saturated carbocycles. The Morgan fingerprint density at radius 2 is 2.23 bits per heavy atom. The molecule has 1 N–H and O–H groups in total. The molecule has 1 aliphatic rings. The quantitative estimate of drug-likeness (QED) is 0.640. The van der Waals surface area contributed by atoms with Gasteiger partial charge in [0, 0.05) is 18.7 Å². The summed E-state index contributed by atoms with van der Waals surface area (Å²) in [6.45, 7) is 7.01. The summed E-state index contributed by atoms with van der Waals surface area (Å²) in [6, 6.07) is 1.87. The third kappa shape index (κ3) is 3.94. The number of aromatic nitrogens is 1. The van der Waals surface area contributed by atoms with Gasteiger partial charge < -0.3 is 10.1 Å². The van der Waals surface area contributed by atoms with E-state index in [1.165, 1.54) is 6.20 Å². The van der Waals surface area contributed by atoms with E-state index in [9.17, 15) is 10.1 Å². The summed E-state index contributed by atoms with van der Waals surface area (Å²) in [5.74, 6) is 1.33. The van der Waals surface area contributed by atoms with Gasteiger partial charge in [0.1, 0.15) is 12.0 Å². The maximum Gasteiger partial charge on any atom is 0.287 e. The lowest BCUT2D eigenvalue weighted by Crippen LogP contribution is -2.38. The highest BCUT2D eigenvalue weighted by atomic mass is 16.6. The van der Waals surface area contributed by atoms with Gasteiger partial charge in [-0.25, -0.2) is 4.98 Å². The molecule has 1 saturated heterocycles. The zero-order chi connectivity index (χ0) is 16.1.